The minimum atomic E-state index is -0.207. The van der Waals surface area contributed by atoms with Gasteiger partial charge in [0.1, 0.15) is 0 Å². The van der Waals surface area contributed by atoms with Crippen molar-refractivity contribution in [2.45, 2.75) is 64.4 Å². The van der Waals surface area contributed by atoms with Crippen LogP contribution in [0.25, 0.3) is 0 Å². The smallest absolute Gasteiger partial charge is 0.0596 e. The molecule has 1 N–H and O–H groups in total. The Labute approximate surface area is 110 Å². The summed E-state index contributed by atoms with van der Waals surface area (Å²) in [6.07, 6.45) is 9.60. The second kappa shape index (κ2) is 6.37. The molecule has 0 amide bonds. The first-order valence-electron chi connectivity index (χ1n) is 7.32. The summed E-state index contributed by atoms with van der Waals surface area (Å²) < 4.78 is 1.89. The molecule has 1 aliphatic rings. The lowest BCUT2D eigenvalue weighted by Gasteiger charge is -2.22. The molecule has 1 aromatic rings. The second-order valence-corrected chi connectivity index (χ2v) is 5.84. The average molecular weight is 250 g/mol. The van der Waals surface area contributed by atoms with Crippen LogP contribution in [0.5, 0.6) is 0 Å². The van der Waals surface area contributed by atoms with E-state index in [9.17, 15) is 5.11 Å². The van der Waals surface area contributed by atoms with Crippen LogP contribution in [0.15, 0.2) is 6.07 Å². The maximum atomic E-state index is 10.1. The molecule has 3 heteroatoms. The van der Waals surface area contributed by atoms with Gasteiger partial charge >= 0.3 is 0 Å². The van der Waals surface area contributed by atoms with Gasteiger partial charge in [-0.2, -0.15) is 5.10 Å². The molecule has 3 nitrogen and oxygen atoms in total. The Morgan fingerprint density at radius 2 is 2.11 bits per heavy atom. The standard InChI is InChI=1S/C15H26N2O/c1-12-10-14(17(2)16-12)11-15(18)9-8-13-6-4-3-5-7-13/h10,13,15,18H,3-9,11H2,1-2H3. The van der Waals surface area contributed by atoms with Gasteiger partial charge in [-0.1, -0.05) is 32.1 Å². The van der Waals surface area contributed by atoms with Crippen molar-refractivity contribution in [3.63, 3.8) is 0 Å². The summed E-state index contributed by atoms with van der Waals surface area (Å²) in [4.78, 5) is 0. The molecule has 18 heavy (non-hydrogen) atoms. The number of aryl methyl sites for hydroxylation is 2. The molecule has 1 atom stereocenters. The Kier molecular flexibility index (Phi) is 4.81. The van der Waals surface area contributed by atoms with E-state index in [0.717, 1.165) is 30.1 Å². The van der Waals surface area contributed by atoms with E-state index in [-0.39, 0.29) is 6.10 Å². The molecule has 1 aromatic heterocycles. The Hall–Kier alpha value is -0.830. The normalized spacial score (nSPS) is 19.1. The predicted molar refractivity (Wildman–Crippen MR) is 73.5 cm³/mol. The van der Waals surface area contributed by atoms with Gasteiger partial charge in [-0.05, 0) is 31.7 Å². The van der Waals surface area contributed by atoms with Gasteiger partial charge in [0.2, 0.25) is 0 Å². The Balaban J connectivity index is 1.74. The van der Waals surface area contributed by atoms with Crippen LogP contribution < -0.4 is 0 Å². The maximum Gasteiger partial charge on any atom is 0.0596 e. The molecule has 1 unspecified atom stereocenters. The van der Waals surface area contributed by atoms with Crippen LogP contribution in [-0.4, -0.2) is 21.0 Å². The average Bonchev–Trinajstić information content (AvgIpc) is 2.67. The Morgan fingerprint density at radius 3 is 2.72 bits per heavy atom. The fraction of sp³-hybridized carbons (Fsp3) is 0.800. The first kappa shape index (κ1) is 13.6. The van der Waals surface area contributed by atoms with E-state index in [2.05, 4.69) is 11.2 Å². The fourth-order valence-electron chi connectivity index (χ4n) is 3.10. The SMILES string of the molecule is Cc1cc(CC(O)CCC2CCCCC2)n(C)n1. The number of nitrogens with zero attached hydrogens (tertiary/aromatic N) is 2. The number of aromatic nitrogens is 2. The highest BCUT2D eigenvalue weighted by molar-refractivity contribution is 5.09. The number of aliphatic hydroxyl groups excluding tert-OH is 1. The third-order valence-corrected chi connectivity index (χ3v) is 4.18. The van der Waals surface area contributed by atoms with Crippen molar-refractivity contribution in [3.05, 3.63) is 17.5 Å². The lowest BCUT2D eigenvalue weighted by molar-refractivity contribution is 0.147. The zero-order valence-corrected chi connectivity index (χ0v) is 11.7. The summed E-state index contributed by atoms with van der Waals surface area (Å²) >= 11 is 0. The summed E-state index contributed by atoms with van der Waals surface area (Å²) in [5, 5.41) is 14.4. The van der Waals surface area contributed by atoms with E-state index in [4.69, 9.17) is 0 Å². The van der Waals surface area contributed by atoms with Gasteiger partial charge < -0.3 is 5.11 Å². The van der Waals surface area contributed by atoms with Crippen LogP contribution in [-0.2, 0) is 13.5 Å². The molecule has 2 rings (SSSR count). The molecule has 0 radical (unpaired) electrons. The molecule has 0 spiro atoms. The van der Waals surface area contributed by atoms with Gasteiger partial charge in [0.05, 0.1) is 11.8 Å². The highest BCUT2D eigenvalue weighted by Gasteiger charge is 2.16. The number of aliphatic hydroxyl groups is 1. The minimum Gasteiger partial charge on any atom is -0.393 e. The molecule has 102 valence electrons. The Bertz CT molecular complexity index is 367. The quantitative estimate of drug-likeness (QED) is 0.872. The van der Waals surface area contributed by atoms with Crippen molar-refractivity contribution in [1.82, 2.24) is 9.78 Å². The molecule has 0 saturated heterocycles. The van der Waals surface area contributed by atoms with Gasteiger partial charge in [-0.25, -0.2) is 0 Å². The lowest BCUT2D eigenvalue weighted by Crippen LogP contribution is -2.16. The first-order valence-corrected chi connectivity index (χ1v) is 7.32. The second-order valence-electron chi connectivity index (χ2n) is 5.84. The molecule has 0 aromatic carbocycles. The van der Waals surface area contributed by atoms with E-state index >= 15 is 0 Å². The summed E-state index contributed by atoms with van der Waals surface area (Å²) in [5.74, 6) is 0.863. The summed E-state index contributed by atoms with van der Waals surface area (Å²) in [6, 6.07) is 2.07. The van der Waals surface area contributed by atoms with E-state index in [1.807, 2.05) is 18.7 Å². The zero-order chi connectivity index (χ0) is 13.0. The molecule has 1 fully saturated rings. The van der Waals surface area contributed by atoms with E-state index in [1.54, 1.807) is 0 Å². The van der Waals surface area contributed by atoms with Crippen molar-refractivity contribution in [3.8, 4) is 0 Å². The largest absolute Gasteiger partial charge is 0.393 e. The number of rotatable bonds is 5. The van der Waals surface area contributed by atoms with Crippen LogP contribution in [0.1, 0.15) is 56.3 Å². The summed E-state index contributed by atoms with van der Waals surface area (Å²) in [5.41, 5.74) is 2.18. The van der Waals surface area contributed by atoms with Crippen molar-refractivity contribution in [1.29, 1.82) is 0 Å². The molecule has 1 saturated carbocycles. The van der Waals surface area contributed by atoms with Crippen molar-refractivity contribution >= 4 is 0 Å². The molecule has 0 aliphatic heterocycles. The highest BCUT2D eigenvalue weighted by atomic mass is 16.3. The molecule has 0 bridgehead atoms. The van der Waals surface area contributed by atoms with Gasteiger partial charge in [0, 0.05) is 19.2 Å². The summed E-state index contributed by atoms with van der Waals surface area (Å²) in [7, 11) is 1.95. The third kappa shape index (κ3) is 3.84. The van der Waals surface area contributed by atoms with Gasteiger partial charge in [0.15, 0.2) is 0 Å². The molecular weight excluding hydrogens is 224 g/mol. The highest BCUT2D eigenvalue weighted by Crippen LogP contribution is 2.28. The number of hydrogen-bond acceptors (Lipinski definition) is 2. The van der Waals surface area contributed by atoms with Crippen LogP contribution in [0.4, 0.5) is 0 Å². The van der Waals surface area contributed by atoms with Crippen molar-refractivity contribution in [2.24, 2.45) is 13.0 Å². The Morgan fingerprint density at radius 1 is 1.39 bits per heavy atom. The lowest BCUT2D eigenvalue weighted by atomic mass is 9.85. The maximum absolute atomic E-state index is 10.1. The van der Waals surface area contributed by atoms with Crippen molar-refractivity contribution in [2.75, 3.05) is 0 Å². The minimum absolute atomic E-state index is 0.207. The fourth-order valence-corrected chi connectivity index (χ4v) is 3.10. The number of hydrogen-bond donors (Lipinski definition) is 1. The van der Waals surface area contributed by atoms with Gasteiger partial charge in [-0.3, -0.25) is 4.68 Å². The third-order valence-electron chi connectivity index (χ3n) is 4.18. The van der Waals surface area contributed by atoms with Gasteiger partial charge in [0.25, 0.3) is 0 Å². The van der Waals surface area contributed by atoms with E-state index in [1.165, 1.54) is 38.5 Å². The van der Waals surface area contributed by atoms with Crippen LogP contribution in [0.3, 0.4) is 0 Å². The topological polar surface area (TPSA) is 38.0 Å². The zero-order valence-electron chi connectivity index (χ0n) is 11.7. The van der Waals surface area contributed by atoms with E-state index < -0.39 is 0 Å². The molecule has 1 aliphatic carbocycles. The van der Waals surface area contributed by atoms with E-state index in [0.29, 0.717) is 0 Å². The monoisotopic (exact) mass is 250 g/mol. The van der Waals surface area contributed by atoms with Crippen molar-refractivity contribution < 1.29 is 5.11 Å². The molecule has 1 heterocycles. The van der Waals surface area contributed by atoms with Crippen LogP contribution >= 0.6 is 0 Å². The summed E-state index contributed by atoms with van der Waals surface area (Å²) in [6.45, 7) is 2.00. The van der Waals surface area contributed by atoms with Crippen LogP contribution in [0.2, 0.25) is 0 Å². The molecular formula is C15H26N2O. The van der Waals surface area contributed by atoms with Crippen LogP contribution in [0, 0.1) is 12.8 Å². The van der Waals surface area contributed by atoms with Gasteiger partial charge in [-0.15, -0.1) is 0 Å². The first-order chi connectivity index (χ1) is 8.65. The predicted octanol–water partition coefficient (Wildman–Crippen LogP) is 2.99.